The third-order valence-corrected chi connectivity index (χ3v) is 5.73. The summed E-state index contributed by atoms with van der Waals surface area (Å²) >= 11 is 0. The van der Waals surface area contributed by atoms with Crippen molar-refractivity contribution in [1.29, 1.82) is 0 Å². The molecule has 166 valence electrons. The van der Waals surface area contributed by atoms with E-state index in [-0.39, 0.29) is 12.2 Å². The number of nitrogens with zero attached hydrogens (tertiary/aromatic N) is 3. The Labute approximate surface area is 187 Å². The zero-order valence-electron chi connectivity index (χ0n) is 18.3. The number of aromatic nitrogens is 3. The molecule has 2 atom stereocenters. The van der Waals surface area contributed by atoms with Crippen molar-refractivity contribution < 1.29 is 0 Å². The van der Waals surface area contributed by atoms with E-state index < -0.39 is 0 Å². The highest BCUT2D eigenvalue weighted by molar-refractivity contribution is 5.77. The molecular formula is C24H29N7O. The summed E-state index contributed by atoms with van der Waals surface area (Å²) in [6, 6.07) is 10.7. The highest BCUT2D eigenvalue weighted by Crippen LogP contribution is 2.27. The summed E-state index contributed by atoms with van der Waals surface area (Å²) in [5.74, 6) is 6.37. The molecule has 0 bridgehead atoms. The van der Waals surface area contributed by atoms with E-state index in [9.17, 15) is 4.79 Å². The van der Waals surface area contributed by atoms with Crippen molar-refractivity contribution in [2.75, 3.05) is 13.1 Å². The molecule has 0 saturated carbocycles. The molecule has 1 aliphatic rings. The van der Waals surface area contributed by atoms with E-state index in [1.165, 1.54) is 12.0 Å². The molecule has 8 heteroatoms. The SMILES string of the molecule is CC(N)=NCC[C@@H]1CCC[C@@H](c2ccc(-n3cc4cc(C#CCN)[nH]c4nc3=O)cc2)N1. The zero-order valence-corrected chi connectivity index (χ0v) is 18.3. The number of H-pyrrole nitrogens is 1. The molecule has 32 heavy (non-hydrogen) atoms. The number of benzene rings is 1. The van der Waals surface area contributed by atoms with Gasteiger partial charge in [0.25, 0.3) is 0 Å². The summed E-state index contributed by atoms with van der Waals surface area (Å²) in [6.45, 7) is 2.85. The van der Waals surface area contributed by atoms with Crippen LogP contribution in [0.25, 0.3) is 16.7 Å². The van der Waals surface area contributed by atoms with Crippen molar-refractivity contribution in [3.8, 4) is 17.5 Å². The number of hydrogen-bond donors (Lipinski definition) is 4. The first-order chi connectivity index (χ1) is 15.5. The van der Waals surface area contributed by atoms with E-state index in [2.05, 4.69) is 44.3 Å². The van der Waals surface area contributed by atoms with Gasteiger partial charge in [-0.25, -0.2) is 4.79 Å². The fraction of sp³-hybridized carbons (Fsp3) is 0.375. The van der Waals surface area contributed by atoms with Gasteiger partial charge in [-0.15, -0.1) is 0 Å². The summed E-state index contributed by atoms with van der Waals surface area (Å²) in [4.78, 5) is 24.1. The van der Waals surface area contributed by atoms with Crippen LogP contribution in [0.5, 0.6) is 0 Å². The molecule has 1 saturated heterocycles. The number of fused-ring (bicyclic) bond motifs is 1. The second kappa shape index (κ2) is 9.81. The summed E-state index contributed by atoms with van der Waals surface area (Å²) in [5, 5.41) is 4.56. The monoisotopic (exact) mass is 431 g/mol. The maximum Gasteiger partial charge on any atom is 0.354 e. The van der Waals surface area contributed by atoms with Gasteiger partial charge in [-0.2, -0.15) is 4.98 Å². The summed E-state index contributed by atoms with van der Waals surface area (Å²) in [5.41, 5.74) is 14.0. The molecule has 6 N–H and O–H groups in total. The highest BCUT2D eigenvalue weighted by Gasteiger charge is 2.22. The van der Waals surface area contributed by atoms with E-state index in [1.807, 2.05) is 25.1 Å². The highest BCUT2D eigenvalue weighted by atomic mass is 16.1. The van der Waals surface area contributed by atoms with Crippen LogP contribution in [0.3, 0.4) is 0 Å². The van der Waals surface area contributed by atoms with Crippen LogP contribution in [0.2, 0.25) is 0 Å². The van der Waals surface area contributed by atoms with E-state index in [0.29, 0.717) is 29.3 Å². The maximum absolute atomic E-state index is 12.6. The van der Waals surface area contributed by atoms with Crippen LogP contribution in [0.15, 0.2) is 46.3 Å². The van der Waals surface area contributed by atoms with Gasteiger partial charge >= 0.3 is 5.69 Å². The van der Waals surface area contributed by atoms with E-state index in [4.69, 9.17) is 11.5 Å². The Kier molecular flexibility index (Phi) is 6.69. The lowest BCUT2D eigenvalue weighted by molar-refractivity contribution is 0.315. The average Bonchev–Trinajstić information content (AvgIpc) is 3.19. The van der Waals surface area contributed by atoms with Crippen molar-refractivity contribution in [3.63, 3.8) is 0 Å². The minimum atomic E-state index is -0.336. The minimum Gasteiger partial charge on any atom is -0.388 e. The molecule has 4 rings (SSSR count). The standard InChI is InChI=1S/C24H29N7O/c1-16(26)27-13-11-19-4-2-6-22(28-19)17-7-9-21(10-8-17)31-15-18-14-20(5-3-12-25)29-23(18)30-24(31)32/h7-10,14-15,19,22,28H,2,4,6,11-13,25H2,1H3,(H2,26,27)(H,29,30,32)/t19-,22-/m0/s1. The lowest BCUT2D eigenvalue weighted by Crippen LogP contribution is -2.37. The number of aliphatic imine (C=N–C) groups is 1. The predicted octanol–water partition coefficient (Wildman–Crippen LogP) is 1.97. The van der Waals surface area contributed by atoms with Crippen LogP contribution in [0.4, 0.5) is 0 Å². The van der Waals surface area contributed by atoms with E-state index >= 15 is 0 Å². The largest absolute Gasteiger partial charge is 0.388 e. The second-order valence-corrected chi connectivity index (χ2v) is 8.14. The molecule has 3 aromatic rings. The van der Waals surface area contributed by atoms with Crippen LogP contribution in [-0.2, 0) is 0 Å². The maximum atomic E-state index is 12.6. The van der Waals surface area contributed by atoms with Crippen molar-refractivity contribution in [3.05, 3.63) is 58.3 Å². The third-order valence-electron chi connectivity index (χ3n) is 5.73. The Morgan fingerprint density at radius 2 is 2.12 bits per heavy atom. The first-order valence-electron chi connectivity index (χ1n) is 11.0. The van der Waals surface area contributed by atoms with Gasteiger partial charge in [0, 0.05) is 30.2 Å². The summed E-state index contributed by atoms with van der Waals surface area (Å²) < 4.78 is 1.56. The molecule has 0 radical (unpaired) electrons. The number of piperidine rings is 1. The molecular weight excluding hydrogens is 402 g/mol. The third kappa shape index (κ3) is 5.07. The van der Waals surface area contributed by atoms with Gasteiger partial charge in [0.15, 0.2) is 0 Å². The normalized spacial score (nSPS) is 19.0. The molecule has 1 aliphatic heterocycles. The first-order valence-corrected chi connectivity index (χ1v) is 11.0. The van der Waals surface area contributed by atoms with Crippen LogP contribution in [0, 0.1) is 11.8 Å². The Morgan fingerprint density at radius 3 is 2.88 bits per heavy atom. The molecule has 1 aromatic carbocycles. The van der Waals surface area contributed by atoms with E-state index in [1.54, 1.807) is 10.8 Å². The number of nitrogens with two attached hydrogens (primary N) is 2. The molecule has 0 unspecified atom stereocenters. The summed E-state index contributed by atoms with van der Waals surface area (Å²) in [6.07, 6.45) is 6.21. The van der Waals surface area contributed by atoms with Crippen molar-refractivity contribution in [1.82, 2.24) is 19.9 Å². The van der Waals surface area contributed by atoms with Gasteiger partial charge in [0.1, 0.15) is 5.65 Å². The Balaban J connectivity index is 1.50. The number of aromatic amines is 1. The lowest BCUT2D eigenvalue weighted by Gasteiger charge is -2.31. The molecule has 8 nitrogen and oxygen atoms in total. The first kappa shape index (κ1) is 21.8. The molecule has 2 aromatic heterocycles. The zero-order chi connectivity index (χ0) is 22.5. The topological polar surface area (TPSA) is 127 Å². The lowest BCUT2D eigenvalue weighted by atomic mass is 9.92. The Morgan fingerprint density at radius 1 is 1.31 bits per heavy atom. The van der Waals surface area contributed by atoms with Gasteiger partial charge in [0.05, 0.1) is 23.8 Å². The van der Waals surface area contributed by atoms with Gasteiger partial charge < -0.3 is 21.8 Å². The number of hydrogen-bond acceptors (Lipinski definition) is 5. The summed E-state index contributed by atoms with van der Waals surface area (Å²) in [7, 11) is 0. The molecule has 0 spiro atoms. The molecule has 0 amide bonds. The minimum absolute atomic E-state index is 0.278. The van der Waals surface area contributed by atoms with Crippen molar-refractivity contribution in [2.24, 2.45) is 16.5 Å². The number of amidine groups is 1. The molecule has 3 heterocycles. The van der Waals surface area contributed by atoms with Gasteiger partial charge in [0.2, 0.25) is 0 Å². The average molecular weight is 432 g/mol. The van der Waals surface area contributed by atoms with Gasteiger partial charge in [-0.1, -0.05) is 24.5 Å². The Hall–Kier alpha value is -3.41. The number of rotatable bonds is 5. The van der Waals surface area contributed by atoms with Crippen molar-refractivity contribution in [2.45, 2.75) is 44.7 Å². The van der Waals surface area contributed by atoms with Gasteiger partial charge in [-0.3, -0.25) is 9.56 Å². The van der Waals surface area contributed by atoms with Crippen LogP contribution in [0.1, 0.15) is 49.9 Å². The van der Waals surface area contributed by atoms with E-state index in [0.717, 1.165) is 36.9 Å². The Bertz CT molecular complexity index is 1220. The predicted molar refractivity (Wildman–Crippen MR) is 128 cm³/mol. The molecule has 1 fully saturated rings. The van der Waals surface area contributed by atoms with Crippen LogP contribution < -0.4 is 22.5 Å². The van der Waals surface area contributed by atoms with Crippen LogP contribution >= 0.6 is 0 Å². The quantitative estimate of drug-likeness (QED) is 0.279. The van der Waals surface area contributed by atoms with Crippen molar-refractivity contribution >= 4 is 16.9 Å². The van der Waals surface area contributed by atoms with Crippen LogP contribution in [-0.4, -0.2) is 39.5 Å². The number of nitrogens with one attached hydrogen (secondary N) is 2. The smallest absolute Gasteiger partial charge is 0.354 e. The second-order valence-electron chi connectivity index (χ2n) is 8.14. The van der Waals surface area contributed by atoms with Gasteiger partial charge in [-0.05, 0) is 55.9 Å². The fourth-order valence-corrected chi connectivity index (χ4v) is 4.17. The molecule has 0 aliphatic carbocycles. The fourth-order valence-electron chi connectivity index (χ4n) is 4.17.